The van der Waals surface area contributed by atoms with Crippen LogP contribution in [0, 0.1) is 6.92 Å². The lowest BCUT2D eigenvalue weighted by Crippen LogP contribution is -2.53. The topological polar surface area (TPSA) is 87.6 Å². The zero-order chi connectivity index (χ0) is 25.7. The molecule has 10 heteroatoms. The average molecular weight is 499 g/mol. The molecular formula is C26H25F3N4O3. The maximum absolute atomic E-state index is 13.0. The van der Waals surface area contributed by atoms with Crippen LogP contribution in [0.3, 0.4) is 0 Å². The first-order valence-electron chi connectivity index (χ1n) is 11.6. The van der Waals surface area contributed by atoms with Crippen LogP contribution in [-0.2, 0) is 16.5 Å². The van der Waals surface area contributed by atoms with Gasteiger partial charge in [0.05, 0.1) is 30.6 Å². The van der Waals surface area contributed by atoms with Crippen LogP contribution in [0.25, 0.3) is 11.1 Å². The molecule has 0 spiro atoms. The summed E-state index contributed by atoms with van der Waals surface area (Å²) in [6, 6.07) is 9.27. The van der Waals surface area contributed by atoms with Crippen molar-refractivity contribution in [3.8, 4) is 11.1 Å². The van der Waals surface area contributed by atoms with Crippen molar-refractivity contribution in [1.82, 2.24) is 9.97 Å². The Bertz CT molecular complexity index is 1330. The number of rotatable bonds is 3. The molecule has 5 rings (SSSR count). The predicted octanol–water partition coefficient (Wildman–Crippen LogP) is 4.54. The lowest BCUT2D eigenvalue weighted by atomic mass is 9.85. The summed E-state index contributed by atoms with van der Waals surface area (Å²) < 4.78 is 44.6. The molecule has 188 valence electrons. The Kier molecular flexibility index (Phi) is 5.96. The van der Waals surface area contributed by atoms with Gasteiger partial charge >= 0.3 is 6.18 Å². The first-order chi connectivity index (χ1) is 17.0. The number of nitrogens with one attached hydrogen (secondary N) is 1. The number of benzene rings is 1. The van der Waals surface area contributed by atoms with Crippen molar-refractivity contribution >= 4 is 17.3 Å². The van der Waals surface area contributed by atoms with E-state index in [1.807, 2.05) is 19.1 Å². The lowest BCUT2D eigenvalue weighted by Gasteiger charge is -2.46. The molecule has 1 amide bonds. The van der Waals surface area contributed by atoms with Crippen molar-refractivity contribution in [1.29, 1.82) is 0 Å². The molecule has 1 saturated heterocycles. The first kappa shape index (κ1) is 24.2. The van der Waals surface area contributed by atoms with Gasteiger partial charge in [-0.15, -0.1) is 0 Å². The van der Waals surface area contributed by atoms with Gasteiger partial charge in [-0.3, -0.25) is 14.8 Å². The van der Waals surface area contributed by atoms with Crippen LogP contribution in [0.5, 0.6) is 0 Å². The number of aromatic nitrogens is 2. The summed E-state index contributed by atoms with van der Waals surface area (Å²) in [5.41, 5.74) is 2.08. The molecule has 2 aromatic heterocycles. The summed E-state index contributed by atoms with van der Waals surface area (Å²) in [5, 5.41) is 13.7. The van der Waals surface area contributed by atoms with E-state index in [0.29, 0.717) is 37.6 Å². The van der Waals surface area contributed by atoms with Crippen molar-refractivity contribution in [3.05, 3.63) is 71.3 Å². The van der Waals surface area contributed by atoms with Crippen LogP contribution in [0.1, 0.15) is 40.7 Å². The first-order valence-corrected chi connectivity index (χ1v) is 11.6. The highest BCUT2D eigenvalue weighted by Gasteiger charge is 2.41. The highest BCUT2D eigenvalue weighted by Crippen LogP contribution is 2.42. The summed E-state index contributed by atoms with van der Waals surface area (Å²) in [6.45, 7) is 5.50. The number of anilines is 2. The van der Waals surface area contributed by atoms with E-state index < -0.39 is 23.4 Å². The van der Waals surface area contributed by atoms with Gasteiger partial charge in [0, 0.05) is 42.2 Å². The van der Waals surface area contributed by atoms with Crippen molar-refractivity contribution in [2.45, 2.75) is 38.1 Å². The maximum Gasteiger partial charge on any atom is 0.433 e. The van der Waals surface area contributed by atoms with Crippen LogP contribution in [0.4, 0.5) is 24.5 Å². The number of hydrogen-bond acceptors (Lipinski definition) is 6. The molecule has 7 nitrogen and oxygen atoms in total. The van der Waals surface area contributed by atoms with E-state index in [4.69, 9.17) is 4.74 Å². The standard InChI is InChI=1S/C26H25F3N4O3/c1-15-3-4-18(32-24(34)16-5-6-30-22(10-16)26(27,28)29)11-20(15)17-9-21-23(31-13-17)25(2,35)12-19-14-36-8-7-33(19)21/h3-6,9-11,13,19,35H,7-8,12,14H2,1-2H3,(H,32,34)/t19?,25-/m1/s1. The smallest absolute Gasteiger partial charge is 0.384 e. The van der Waals surface area contributed by atoms with E-state index in [2.05, 4.69) is 20.2 Å². The Hall–Kier alpha value is -3.50. The number of morpholine rings is 1. The number of fused-ring (bicyclic) bond motifs is 3. The van der Waals surface area contributed by atoms with Crippen molar-refractivity contribution in [3.63, 3.8) is 0 Å². The molecule has 2 aliphatic heterocycles. The Labute approximate surface area is 205 Å². The summed E-state index contributed by atoms with van der Waals surface area (Å²) >= 11 is 0. The average Bonchev–Trinajstić information content (AvgIpc) is 2.84. The van der Waals surface area contributed by atoms with Gasteiger partial charge in [0.1, 0.15) is 11.3 Å². The number of pyridine rings is 2. The minimum Gasteiger partial charge on any atom is -0.384 e. The van der Waals surface area contributed by atoms with Crippen LogP contribution in [-0.4, -0.2) is 46.8 Å². The van der Waals surface area contributed by atoms with E-state index in [9.17, 15) is 23.1 Å². The molecule has 3 aromatic rings. The Balaban J connectivity index is 1.46. The fourth-order valence-electron chi connectivity index (χ4n) is 4.87. The molecule has 2 N–H and O–H groups in total. The molecule has 36 heavy (non-hydrogen) atoms. The summed E-state index contributed by atoms with van der Waals surface area (Å²) in [7, 11) is 0. The molecule has 0 aliphatic carbocycles. The van der Waals surface area contributed by atoms with Gasteiger partial charge in [0.25, 0.3) is 5.91 Å². The number of carbonyl (C=O) groups is 1. The molecule has 2 atom stereocenters. The number of nitrogens with zero attached hydrogens (tertiary/aromatic N) is 3. The molecule has 1 aromatic carbocycles. The quantitative estimate of drug-likeness (QED) is 0.552. The van der Waals surface area contributed by atoms with E-state index in [0.717, 1.165) is 34.6 Å². The number of hydrogen-bond donors (Lipinski definition) is 2. The predicted molar refractivity (Wildman–Crippen MR) is 128 cm³/mol. The molecule has 0 saturated carbocycles. The van der Waals surface area contributed by atoms with Crippen LogP contribution in [0.2, 0.25) is 0 Å². The van der Waals surface area contributed by atoms with Gasteiger partial charge in [-0.05, 0) is 55.3 Å². The third-order valence-electron chi connectivity index (χ3n) is 6.67. The van der Waals surface area contributed by atoms with Crippen LogP contribution >= 0.6 is 0 Å². The van der Waals surface area contributed by atoms with Crippen LogP contribution < -0.4 is 10.2 Å². The Morgan fingerprint density at radius 1 is 1.22 bits per heavy atom. The zero-order valence-corrected chi connectivity index (χ0v) is 19.8. The largest absolute Gasteiger partial charge is 0.433 e. The summed E-state index contributed by atoms with van der Waals surface area (Å²) in [6.07, 6.45) is -1.46. The molecule has 0 bridgehead atoms. The summed E-state index contributed by atoms with van der Waals surface area (Å²) in [4.78, 5) is 22.8. The lowest BCUT2D eigenvalue weighted by molar-refractivity contribution is -0.141. The summed E-state index contributed by atoms with van der Waals surface area (Å²) in [5.74, 6) is -0.673. The molecule has 4 heterocycles. The van der Waals surface area contributed by atoms with Gasteiger partial charge in [0.15, 0.2) is 0 Å². The van der Waals surface area contributed by atoms with Crippen molar-refractivity contribution < 1.29 is 27.8 Å². The van der Waals surface area contributed by atoms with E-state index in [1.165, 1.54) is 6.07 Å². The number of ether oxygens (including phenoxy) is 1. The Morgan fingerprint density at radius 3 is 2.81 bits per heavy atom. The van der Waals surface area contributed by atoms with Gasteiger partial charge in [0.2, 0.25) is 0 Å². The number of carbonyl (C=O) groups excluding carboxylic acids is 1. The number of halogens is 3. The second kappa shape index (κ2) is 8.86. The SMILES string of the molecule is Cc1ccc(NC(=O)c2ccnc(C(F)(F)F)c2)cc1-c1cnc2c(c1)N1CCOCC1C[C@@]2(C)O. The normalized spacial score (nSPS) is 21.5. The Morgan fingerprint density at radius 2 is 2.03 bits per heavy atom. The van der Waals surface area contributed by atoms with Gasteiger partial charge in [-0.25, -0.2) is 0 Å². The zero-order valence-electron chi connectivity index (χ0n) is 19.8. The fraction of sp³-hybridized carbons (Fsp3) is 0.346. The van der Waals surface area contributed by atoms with Crippen molar-refractivity contribution in [2.24, 2.45) is 0 Å². The number of alkyl halides is 3. The molecule has 1 unspecified atom stereocenters. The van der Waals surface area contributed by atoms with E-state index in [1.54, 1.807) is 25.3 Å². The number of amides is 1. The molecule has 1 fully saturated rings. The van der Waals surface area contributed by atoms with Crippen molar-refractivity contribution in [2.75, 3.05) is 30.0 Å². The number of aliphatic hydroxyl groups is 1. The van der Waals surface area contributed by atoms with E-state index >= 15 is 0 Å². The van der Waals surface area contributed by atoms with Crippen LogP contribution in [0.15, 0.2) is 48.8 Å². The van der Waals surface area contributed by atoms with Gasteiger partial charge < -0.3 is 20.1 Å². The third-order valence-corrected chi connectivity index (χ3v) is 6.67. The van der Waals surface area contributed by atoms with Gasteiger partial charge in [-0.2, -0.15) is 13.2 Å². The highest BCUT2D eigenvalue weighted by molar-refractivity contribution is 6.04. The fourth-order valence-corrected chi connectivity index (χ4v) is 4.87. The minimum absolute atomic E-state index is 0.0481. The molecular weight excluding hydrogens is 473 g/mol. The third kappa shape index (κ3) is 4.54. The van der Waals surface area contributed by atoms with Gasteiger partial charge in [-0.1, -0.05) is 6.07 Å². The molecule has 2 aliphatic rings. The number of aryl methyl sites for hydroxylation is 1. The second-order valence-electron chi connectivity index (χ2n) is 9.40. The monoisotopic (exact) mass is 498 g/mol. The minimum atomic E-state index is -4.64. The maximum atomic E-state index is 13.0. The highest BCUT2D eigenvalue weighted by atomic mass is 19.4. The molecule has 0 radical (unpaired) electrons. The van der Waals surface area contributed by atoms with E-state index in [-0.39, 0.29) is 11.6 Å². The second-order valence-corrected chi connectivity index (χ2v) is 9.40.